The van der Waals surface area contributed by atoms with Crippen LogP contribution in [-0.2, 0) is 23.9 Å². The van der Waals surface area contributed by atoms with Crippen molar-refractivity contribution < 1.29 is 29.0 Å². The summed E-state index contributed by atoms with van der Waals surface area (Å²) in [5, 5.41) is 11.0. The lowest BCUT2D eigenvalue weighted by Crippen LogP contribution is -2.60. The zero-order chi connectivity index (χ0) is 31.0. The van der Waals surface area contributed by atoms with Crippen LogP contribution in [0.4, 0.5) is 5.69 Å². The molecule has 42 heavy (non-hydrogen) atoms. The fourth-order valence-corrected chi connectivity index (χ4v) is 7.83. The average molecular weight is 601 g/mol. The first-order valence-electron chi connectivity index (χ1n) is 15.0. The number of aryl methyl sites for hydroxylation is 1. The molecule has 1 aromatic carbocycles. The molecule has 3 fully saturated rings. The number of halogens is 1. The number of carbonyl (C=O) groups is 3. The Hall–Kier alpha value is -2.68. The summed E-state index contributed by atoms with van der Waals surface area (Å²) in [5.74, 6) is -3.27. The predicted molar refractivity (Wildman–Crippen MR) is 163 cm³/mol. The Bertz CT molecular complexity index is 1220. The number of benzene rings is 1. The number of amides is 2. The molecule has 3 saturated heterocycles. The molecule has 4 rings (SSSR count). The number of rotatable bonds is 13. The minimum Gasteiger partial charge on any atom is -0.465 e. The van der Waals surface area contributed by atoms with E-state index >= 15 is 0 Å². The molecule has 3 aliphatic heterocycles. The first-order chi connectivity index (χ1) is 19.9. The van der Waals surface area contributed by atoms with E-state index in [0.29, 0.717) is 36.4 Å². The Labute approximate surface area is 254 Å². The Kier molecular flexibility index (Phi) is 9.60. The van der Waals surface area contributed by atoms with Gasteiger partial charge >= 0.3 is 5.97 Å². The summed E-state index contributed by atoms with van der Waals surface area (Å²) in [6.07, 6.45) is 5.80. The lowest BCUT2D eigenvalue weighted by Gasteiger charge is -2.41. The van der Waals surface area contributed by atoms with Crippen molar-refractivity contribution in [3.05, 3.63) is 54.1 Å². The molecule has 2 bridgehead atoms. The van der Waals surface area contributed by atoms with Crippen LogP contribution in [0.5, 0.6) is 0 Å². The van der Waals surface area contributed by atoms with Gasteiger partial charge in [-0.2, -0.15) is 0 Å². The van der Waals surface area contributed by atoms with Crippen molar-refractivity contribution in [3.63, 3.8) is 0 Å². The molecule has 3 heterocycles. The van der Waals surface area contributed by atoms with E-state index in [1.54, 1.807) is 23.1 Å². The molecule has 0 aromatic heterocycles. The summed E-state index contributed by atoms with van der Waals surface area (Å²) in [6.45, 7) is 17.3. The number of unbranched alkanes of at least 4 members (excludes halogenated alkanes) is 1. The van der Waals surface area contributed by atoms with Crippen molar-refractivity contribution in [2.45, 2.75) is 83.6 Å². The Morgan fingerprint density at radius 3 is 2.64 bits per heavy atom. The summed E-state index contributed by atoms with van der Waals surface area (Å²) in [5.41, 5.74) is -0.941. The van der Waals surface area contributed by atoms with Crippen molar-refractivity contribution >= 4 is 35.1 Å². The Morgan fingerprint density at radius 1 is 1.33 bits per heavy atom. The van der Waals surface area contributed by atoms with Crippen LogP contribution in [0.15, 0.2) is 43.5 Å². The summed E-state index contributed by atoms with van der Waals surface area (Å²) < 4.78 is 12.6. The number of hydrogen-bond donors (Lipinski definition) is 1. The number of ether oxygens (including phenoxy) is 2. The largest absolute Gasteiger partial charge is 0.465 e. The third kappa shape index (κ3) is 4.99. The lowest BCUT2D eigenvalue weighted by molar-refractivity contribution is -0.163. The Morgan fingerprint density at radius 2 is 2.05 bits per heavy atom. The number of anilines is 1. The van der Waals surface area contributed by atoms with Crippen LogP contribution in [0.1, 0.15) is 58.9 Å². The van der Waals surface area contributed by atoms with Gasteiger partial charge in [-0.3, -0.25) is 14.4 Å². The second-order valence-corrected chi connectivity index (χ2v) is 12.7. The van der Waals surface area contributed by atoms with Gasteiger partial charge in [-0.15, -0.1) is 13.2 Å². The maximum atomic E-state index is 14.9. The van der Waals surface area contributed by atoms with E-state index in [0.717, 1.165) is 5.56 Å². The zero-order valence-electron chi connectivity index (χ0n) is 25.5. The first-order valence-corrected chi connectivity index (χ1v) is 15.4. The number of allylic oxidation sites excluding steroid dienone is 1. The highest BCUT2D eigenvalue weighted by Gasteiger charge is 2.81. The Balaban J connectivity index is 1.87. The predicted octanol–water partition coefficient (Wildman–Crippen LogP) is 5.09. The van der Waals surface area contributed by atoms with Crippen LogP contribution in [0.25, 0.3) is 0 Å². The maximum Gasteiger partial charge on any atom is 0.312 e. The topological polar surface area (TPSA) is 96.4 Å². The molecule has 9 heteroatoms. The van der Waals surface area contributed by atoms with Gasteiger partial charge in [0.15, 0.2) is 0 Å². The van der Waals surface area contributed by atoms with E-state index in [-0.39, 0.29) is 43.4 Å². The number of hydrogen-bond acceptors (Lipinski definition) is 6. The van der Waals surface area contributed by atoms with Crippen LogP contribution in [0.2, 0.25) is 5.02 Å². The lowest BCUT2D eigenvalue weighted by atomic mass is 9.62. The van der Waals surface area contributed by atoms with Gasteiger partial charge in [-0.1, -0.05) is 63.1 Å². The van der Waals surface area contributed by atoms with Gasteiger partial charge in [0.05, 0.1) is 41.5 Å². The zero-order valence-corrected chi connectivity index (χ0v) is 26.2. The van der Waals surface area contributed by atoms with Gasteiger partial charge in [-0.05, 0) is 56.6 Å². The standard InChI is InChI=1S/C33H45ClN2O6/c1-8-11-12-17-41-31(40)26-25-29(38)36(24(19-37)20(4)10-3)28(33(25)18-22(6)32(26,7)42-33)30(39)35(16-9-2)27-21(5)14-13-15-23(27)34/h8-9,13-15,20,22,24-26,28,37H,1-2,10-12,16-19H2,3-7H3/t20-,22?,24-,25-,26+,28?,32-,33?/m0/s1. The molecule has 3 unspecified atom stereocenters. The molecule has 230 valence electrons. The SMILES string of the molecule is C=CCCCOC(=O)[C@H]1[C@H]2C(=O)N([C@@H](CO)[C@@H](C)CC)C(C(=O)N(CC=C)c3c(C)cccc3Cl)C23CC(C)[C@]1(C)O3. The number of aliphatic hydroxyl groups excluding tert-OH is 1. The third-order valence-corrected chi connectivity index (χ3v) is 10.2. The second kappa shape index (κ2) is 12.5. The third-order valence-electron chi connectivity index (χ3n) is 9.92. The molecule has 1 aromatic rings. The summed E-state index contributed by atoms with van der Waals surface area (Å²) >= 11 is 6.66. The molecule has 3 aliphatic rings. The first kappa shape index (κ1) is 32.2. The van der Waals surface area contributed by atoms with Crippen molar-refractivity contribution in [1.29, 1.82) is 0 Å². The molecule has 1 spiro atoms. The summed E-state index contributed by atoms with van der Waals surface area (Å²) in [7, 11) is 0. The van der Waals surface area contributed by atoms with Crippen molar-refractivity contribution in [2.24, 2.45) is 23.7 Å². The van der Waals surface area contributed by atoms with Gasteiger partial charge in [-0.25, -0.2) is 0 Å². The van der Waals surface area contributed by atoms with E-state index in [2.05, 4.69) is 13.2 Å². The minimum absolute atomic E-state index is 0.117. The van der Waals surface area contributed by atoms with Crippen molar-refractivity contribution in [1.82, 2.24) is 4.90 Å². The quantitative estimate of drug-likeness (QED) is 0.192. The maximum absolute atomic E-state index is 14.9. The monoisotopic (exact) mass is 600 g/mol. The molecule has 1 N–H and O–H groups in total. The molecule has 8 nitrogen and oxygen atoms in total. The second-order valence-electron chi connectivity index (χ2n) is 12.3. The summed E-state index contributed by atoms with van der Waals surface area (Å²) in [4.78, 5) is 46.3. The highest BCUT2D eigenvalue weighted by atomic mass is 35.5. The fraction of sp³-hybridized carbons (Fsp3) is 0.606. The van der Waals surface area contributed by atoms with Gasteiger partial charge in [0.1, 0.15) is 17.6 Å². The molecule has 0 saturated carbocycles. The molecule has 0 aliphatic carbocycles. The average Bonchev–Trinajstić information content (AvgIpc) is 3.47. The molecular weight excluding hydrogens is 556 g/mol. The number of para-hydroxylation sites is 1. The van der Waals surface area contributed by atoms with Crippen LogP contribution < -0.4 is 4.90 Å². The van der Waals surface area contributed by atoms with Crippen molar-refractivity contribution in [2.75, 3.05) is 24.7 Å². The number of carbonyl (C=O) groups excluding carboxylic acids is 3. The highest BCUT2D eigenvalue weighted by molar-refractivity contribution is 6.34. The van der Waals surface area contributed by atoms with E-state index in [1.165, 1.54) is 4.90 Å². The normalized spacial score (nSPS) is 31.0. The van der Waals surface area contributed by atoms with Crippen molar-refractivity contribution in [3.8, 4) is 0 Å². The summed E-state index contributed by atoms with van der Waals surface area (Å²) in [6, 6.07) is 3.68. The van der Waals surface area contributed by atoms with Crippen LogP contribution >= 0.6 is 11.6 Å². The van der Waals surface area contributed by atoms with Crippen LogP contribution in [-0.4, -0.2) is 70.8 Å². The molecule has 2 amide bonds. The van der Waals surface area contributed by atoms with E-state index < -0.39 is 41.1 Å². The number of esters is 1. The van der Waals surface area contributed by atoms with Crippen LogP contribution in [0, 0.1) is 30.6 Å². The van der Waals surface area contributed by atoms with Crippen LogP contribution in [0.3, 0.4) is 0 Å². The van der Waals surface area contributed by atoms with Gasteiger partial charge in [0.2, 0.25) is 5.91 Å². The van der Waals surface area contributed by atoms with Gasteiger partial charge in [0, 0.05) is 6.54 Å². The van der Waals surface area contributed by atoms with E-state index in [1.807, 2.05) is 46.8 Å². The highest BCUT2D eigenvalue weighted by Crippen LogP contribution is 2.66. The number of nitrogens with zero attached hydrogens (tertiary/aromatic N) is 2. The minimum atomic E-state index is -1.28. The number of aliphatic hydroxyl groups is 1. The number of likely N-dealkylation sites (tertiary alicyclic amines) is 1. The fourth-order valence-electron chi connectivity index (χ4n) is 7.51. The molecule has 0 radical (unpaired) electrons. The molecular formula is C33H45ClN2O6. The van der Waals surface area contributed by atoms with E-state index in [4.69, 9.17) is 21.1 Å². The smallest absolute Gasteiger partial charge is 0.312 e. The van der Waals surface area contributed by atoms with E-state index in [9.17, 15) is 19.5 Å². The molecule has 8 atom stereocenters. The van der Waals surface area contributed by atoms with Gasteiger partial charge in [0.25, 0.3) is 5.91 Å². The number of fused-ring (bicyclic) bond motifs is 1. The van der Waals surface area contributed by atoms with Gasteiger partial charge < -0.3 is 24.4 Å².